The third-order valence-corrected chi connectivity index (χ3v) is 4.06. The van der Waals surface area contributed by atoms with E-state index in [4.69, 9.17) is 21.1 Å². The summed E-state index contributed by atoms with van der Waals surface area (Å²) in [6.07, 6.45) is 0.504. The smallest absolute Gasteiger partial charge is 0.139 e. The van der Waals surface area contributed by atoms with Gasteiger partial charge in [-0.15, -0.1) is 11.6 Å². The number of methoxy groups -OCH3 is 2. The zero-order chi connectivity index (χ0) is 15.4. The number of alkyl halides is 1. The molecule has 0 radical (unpaired) electrons. The van der Waals surface area contributed by atoms with Gasteiger partial charge in [-0.05, 0) is 22.0 Å². The van der Waals surface area contributed by atoms with Crippen LogP contribution in [0.4, 0.5) is 4.39 Å². The average molecular weight is 380 g/mol. The molecular formula is C14H17BrClFN2O2. The fourth-order valence-electron chi connectivity index (χ4n) is 2.23. The van der Waals surface area contributed by atoms with Gasteiger partial charge in [0.15, 0.2) is 0 Å². The van der Waals surface area contributed by atoms with Crippen LogP contribution in [0.3, 0.4) is 0 Å². The molecule has 0 saturated carbocycles. The quantitative estimate of drug-likeness (QED) is 0.692. The summed E-state index contributed by atoms with van der Waals surface area (Å²) in [5.41, 5.74) is 1.46. The van der Waals surface area contributed by atoms with E-state index in [0.717, 1.165) is 11.3 Å². The van der Waals surface area contributed by atoms with Crippen LogP contribution in [-0.2, 0) is 22.4 Å². The first-order valence-electron chi connectivity index (χ1n) is 6.52. The highest BCUT2D eigenvalue weighted by Gasteiger charge is 2.17. The van der Waals surface area contributed by atoms with Gasteiger partial charge in [-0.1, -0.05) is 0 Å². The van der Waals surface area contributed by atoms with Crippen molar-refractivity contribution in [2.24, 2.45) is 0 Å². The van der Waals surface area contributed by atoms with Crippen LogP contribution in [0, 0.1) is 5.82 Å². The average Bonchev–Trinajstić information content (AvgIpc) is 2.77. The first-order valence-corrected chi connectivity index (χ1v) is 7.85. The van der Waals surface area contributed by atoms with E-state index in [1.54, 1.807) is 20.3 Å². The Morgan fingerprint density at radius 3 is 2.81 bits per heavy atom. The summed E-state index contributed by atoms with van der Waals surface area (Å²) in [5.74, 6) is 0.940. The Kier molecular flexibility index (Phi) is 5.98. The minimum atomic E-state index is -0.329. The maximum Gasteiger partial charge on any atom is 0.139 e. The van der Waals surface area contributed by atoms with Crippen molar-refractivity contribution in [2.45, 2.75) is 19.1 Å². The van der Waals surface area contributed by atoms with Crippen molar-refractivity contribution >= 4 is 38.6 Å². The fraction of sp³-hybridized carbons (Fsp3) is 0.500. The Morgan fingerprint density at radius 2 is 2.19 bits per heavy atom. The predicted molar refractivity (Wildman–Crippen MR) is 84.5 cm³/mol. The van der Waals surface area contributed by atoms with Gasteiger partial charge in [-0.2, -0.15) is 0 Å². The zero-order valence-electron chi connectivity index (χ0n) is 11.9. The van der Waals surface area contributed by atoms with Crippen LogP contribution in [0.15, 0.2) is 16.6 Å². The molecule has 0 bridgehead atoms. The Bertz CT molecular complexity index is 621. The van der Waals surface area contributed by atoms with E-state index in [2.05, 4.69) is 20.9 Å². The third-order valence-electron chi connectivity index (χ3n) is 3.26. The minimum Gasteiger partial charge on any atom is -0.382 e. The van der Waals surface area contributed by atoms with Crippen molar-refractivity contribution in [1.82, 2.24) is 9.55 Å². The summed E-state index contributed by atoms with van der Waals surface area (Å²) < 4.78 is 26.6. The van der Waals surface area contributed by atoms with Gasteiger partial charge in [-0.3, -0.25) is 0 Å². The van der Waals surface area contributed by atoms with Crippen LogP contribution in [0.2, 0.25) is 0 Å². The molecule has 2 aromatic rings. The van der Waals surface area contributed by atoms with E-state index in [9.17, 15) is 4.39 Å². The normalized spacial score (nSPS) is 13.0. The number of halogens is 3. The highest BCUT2D eigenvalue weighted by atomic mass is 79.9. The number of aromatic nitrogens is 2. The number of fused-ring (bicyclic) bond motifs is 1. The van der Waals surface area contributed by atoms with Gasteiger partial charge in [0, 0.05) is 32.6 Å². The Morgan fingerprint density at radius 1 is 1.43 bits per heavy atom. The molecular weight excluding hydrogens is 363 g/mol. The molecule has 0 N–H and O–H groups in total. The van der Waals surface area contributed by atoms with Crippen LogP contribution in [0.1, 0.15) is 5.82 Å². The standard InChI is InChI=1S/C14H17BrClFN2O2/c1-20-8-9(21-2)7-19-13-5-10(15)11(17)6-12(13)18-14(19)3-4-16/h5-6,9H,3-4,7-8H2,1-2H3. The molecule has 0 aliphatic heterocycles. The van der Waals surface area contributed by atoms with E-state index in [1.807, 2.05) is 4.57 Å². The summed E-state index contributed by atoms with van der Waals surface area (Å²) in [5, 5.41) is 0. The maximum absolute atomic E-state index is 13.7. The molecule has 116 valence electrons. The van der Waals surface area contributed by atoms with Gasteiger partial charge in [-0.25, -0.2) is 9.37 Å². The number of hydrogen-bond donors (Lipinski definition) is 0. The summed E-state index contributed by atoms with van der Waals surface area (Å²) >= 11 is 9.05. The van der Waals surface area contributed by atoms with Crippen molar-refractivity contribution in [2.75, 3.05) is 26.7 Å². The lowest BCUT2D eigenvalue weighted by Gasteiger charge is -2.17. The predicted octanol–water partition coefficient (Wildman–Crippen LogP) is 3.38. The van der Waals surface area contributed by atoms with Crippen LogP contribution in [-0.4, -0.2) is 42.4 Å². The van der Waals surface area contributed by atoms with Gasteiger partial charge < -0.3 is 14.0 Å². The number of benzene rings is 1. The molecule has 0 aliphatic carbocycles. The van der Waals surface area contributed by atoms with E-state index < -0.39 is 0 Å². The molecule has 1 aromatic carbocycles. The number of nitrogens with zero attached hydrogens (tertiary/aromatic N) is 2. The summed E-state index contributed by atoms with van der Waals surface area (Å²) in [7, 11) is 3.27. The van der Waals surface area contributed by atoms with Gasteiger partial charge in [0.25, 0.3) is 0 Å². The highest BCUT2D eigenvalue weighted by molar-refractivity contribution is 9.10. The van der Waals surface area contributed by atoms with Crippen LogP contribution < -0.4 is 0 Å². The summed E-state index contributed by atoms with van der Waals surface area (Å²) in [6, 6.07) is 3.15. The largest absolute Gasteiger partial charge is 0.382 e. The van der Waals surface area contributed by atoms with Crippen molar-refractivity contribution in [1.29, 1.82) is 0 Å². The van der Waals surface area contributed by atoms with Crippen molar-refractivity contribution < 1.29 is 13.9 Å². The van der Waals surface area contributed by atoms with Gasteiger partial charge >= 0.3 is 0 Å². The van der Waals surface area contributed by atoms with Gasteiger partial charge in [0.1, 0.15) is 11.6 Å². The monoisotopic (exact) mass is 378 g/mol. The van der Waals surface area contributed by atoms with E-state index in [-0.39, 0.29) is 11.9 Å². The van der Waals surface area contributed by atoms with Crippen LogP contribution in [0.25, 0.3) is 11.0 Å². The summed E-state index contributed by atoms with van der Waals surface area (Å²) in [6.45, 7) is 1.05. The number of ether oxygens (including phenoxy) is 2. The van der Waals surface area contributed by atoms with Crippen molar-refractivity contribution in [3.05, 3.63) is 28.2 Å². The van der Waals surface area contributed by atoms with Gasteiger partial charge in [0.2, 0.25) is 0 Å². The number of aryl methyl sites for hydroxylation is 1. The fourth-order valence-corrected chi connectivity index (χ4v) is 2.73. The van der Waals surface area contributed by atoms with Crippen LogP contribution >= 0.6 is 27.5 Å². The lowest BCUT2D eigenvalue weighted by atomic mass is 10.3. The topological polar surface area (TPSA) is 36.3 Å². The molecule has 2 rings (SSSR count). The first-order chi connectivity index (χ1) is 10.1. The zero-order valence-corrected chi connectivity index (χ0v) is 14.2. The molecule has 0 saturated heterocycles. The Balaban J connectivity index is 2.46. The Labute approximate surface area is 136 Å². The minimum absolute atomic E-state index is 0.106. The first kappa shape index (κ1) is 16.7. The second-order valence-electron chi connectivity index (χ2n) is 4.65. The Hall–Kier alpha value is -0.690. The number of imidazole rings is 1. The van der Waals surface area contributed by atoms with E-state index in [0.29, 0.717) is 35.4 Å². The molecule has 7 heteroatoms. The maximum atomic E-state index is 13.7. The second kappa shape index (κ2) is 7.54. The molecule has 1 heterocycles. The number of rotatable bonds is 7. The molecule has 1 aromatic heterocycles. The highest BCUT2D eigenvalue weighted by Crippen LogP contribution is 2.25. The lowest BCUT2D eigenvalue weighted by molar-refractivity contribution is 0.0186. The molecule has 1 atom stereocenters. The van der Waals surface area contributed by atoms with Crippen molar-refractivity contribution in [3.8, 4) is 0 Å². The van der Waals surface area contributed by atoms with Gasteiger partial charge in [0.05, 0.1) is 34.8 Å². The summed E-state index contributed by atoms with van der Waals surface area (Å²) in [4.78, 5) is 4.47. The molecule has 0 amide bonds. The molecule has 4 nitrogen and oxygen atoms in total. The third kappa shape index (κ3) is 3.74. The van der Waals surface area contributed by atoms with Crippen molar-refractivity contribution in [3.63, 3.8) is 0 Å². The molecule has 0 spiro atoms. The molecule has 21 heavy (non-hydrogen) atoms. The van der Waals surface area contributed by atoms with E-state index >= 15 is 0 Å². The van der Waals surface area contributed by atoms with Crippen LogP contribution in [0.5, 0.6) is 0 Å². The van der Waals surface area contributed by atoms with E-state index in [1.165, 1.54) is 6.07 Å². The second-order valence-corrected chi connectivity index (χ2v) is 5.88. The molecule has 0 aliphatic rings. The lowest BCUT2D eigenvalue weighted by Crippen LogP contribution is -2.24. The molecule has 0 fully saturated rings. The molecule has 1 unspecified atom stereocenters. The number of hydrogen-bond acceptors (Lipinski definition) is 3. The SMILES string of the molecule is COCC(Cn1c(CCCl)nc2cc(F)c(Br)cc21)OC.